The number of carbonyl (C=O) groups excluding carboxylic acids is 1. The van der Waals surface area contributed by atoms with E-state index < -0.39 is 6.10 Å². The Balaban J connectivity index is 2.36. The summed E-state index contributed by atoms with van der Waals surface area (Å²) in [4.78, 5) is 12.1. The molecule has 1 aliphatic rings. The van der Waals surface area contributed by atoms with Crippen LogP contribution in [0.1, 0.15) is 29.3 Å². The number of ether oxygens (including phenoxy) is 3. The average Bonchev–Trinajstić information content (AvgIpc) is 2.43. The molecule has 0 N–H and O–H groups in total. The molecule has 104 valence electrons. The number of carbonyl (C=O) groups is 1. The summed E-state index contributed by atoms with van der Waals surface area (Å²) in [5, 5.41) is 0.872. The lowest BCUT2D eigenvalue weighted by Gasteiger charge is -2.24. The molecule has 0 radical (unpaired) electrons. The molecule has 1 aromatic carbocycles. The number of rotatable bonds is 5. The van der Waals surface area contributed by atoms with Gasteiger partial charge in [-0.1, -0.05) is 15.9 Å². The van der Waals surface area contributed by atoms with Crippen LogP contribution in [-0.2, 0) is 11.3 Å². The Morgan fingerprint density at radius 3 is 2.95 bits per heavy atom. The van der Waals surface area contributed by atoms with Crippen LogP contribution in [0.4, 0.5) is 0 Å². The van der Waals surface area contributed by atoms with E-state index in [1.165, 1.54) is 0 Å². The van der Waals surface area contributed by atoms with Crippen molar-refractivity contribution in [2.24, 2.45) is 0 Å². The summed E-state index contributed by atoms with van der Waals surface area (Å²) in [5.74, 6) is 1.26. The maximum Gasteiger partial charge on any atom is 0.191 e. The van der Waals surface area contributed by atoms with E-state index in [1.807, 2.05) is 0 Å². The summed E-state index contributed by atoms with van der Waals surface area (Å²) in [6.45, 7) is 2.71. The van der Waals surface area contributed by atoms with Crippen LogP contribution >= 0.6 is 15.9 Å². The Labute approximate surface area is 121 Å². The van der Waals surface area contributed by atoms with Gasteiger partial charge in [0.1, 0.15) is 6.10 Å². The molecule has 0 aliphatic carbocycles. The van der Waals surface area contributed by atoms with Crippen molar-refractivity contribution in [3.63, 3.8) is 0 Å². The first kappa shape index (κ1) is 14.3. The zero-order valence-corrected chi connectivity index (χ0v) is 12.7. The van der Waals surface area contributed by atoms with E-state index in [-0.39, 0.29) is 5.78 Å². The minimum atomic E-state index is -0.392. The number of benzene rings is 1. The van der Waals surface area contributed by atoms with Gasteiger partial charge in [0.05, 0.1) is 20.3 Å². The van der Waals surface area contributed by atoms with Crippen LogP contribution in [0.3, 0.4) is 0 Å². The van der Waals surface area contributed by atoms with Gasteiger partial charge in [-0.15, -0.1) is 0 Å². The van der Waals surface area contributed by atoms with Crippen molar-refractivity contribution < 1.29 is 19.0 Å². The van der Waals surface area contributed by atoms with Crippen LogP contribution in [-0.4, -0.2) is 30.9 Å². The summed E-state index contributed by atoms with van der Waals surface area (Å²) in [7, 11) is 1.59. The lowest BCUT2D eigenvalue weighted by molar-refractivity contribution is 0.0325. The molecular weight excluding hydrogens is 312 g/mol. The zero-order valence-electron chi connectivity index (χ0n) is 11.1. The van der Waals surface area contributed by atoms with Crippen LogP contribution in [0.25, 0.3) is 0 Å². The van der Waals surface area contributed by atoms with E-state index in [0.29, 0.717) is 30.3 Å². The Morgan fingerprint density at radius 2 is 2.26 bits per heavy atom. The summed E-state index contributed by atoms with van der Waals surface area (Å²) >= 11 is 3.36. The average molecular weight is 329 g/mol. The Bertz CT molecular complexity index is 473. The normalized spacial score (nSPS) is 18.1. The van der Waals surface area contributed by atoms with Gasteiger partial charge in [-0.25, -0.2) is 0 Å². The van der Waals surface area contributed by atoms with Crippen molar-refractivity contribution in [3.8, 4) is 11.5 Å². The maximum absolute atomic E-state index is 12.1. The third-order valence-electron chi connectivity index (χ3n) is 3.08. The fourth-order valence-corrected chi connectivity index (χ4v) is 2.26. The van der Waals surface area contributed by atoms with Gasteiger partial charge in [-0.3, -0.25) is 4.79 Å². The minimum Gasteiger partial charge on any atom is -0.493 e. The first-order valence-electron chi connectivity index (χ1n) is 6.23. The smallest absolute Gasteiger partial charge is 0.191 e. The van der Waals surface area contributed by atoms with Gasteiger partial charge in [-0.2, -0.15) is 0 Å². The SMILES string of the molecule is COc1ccc2c(c1OCCCBr)COC(C)C2=O. The van der Waals surface area contributed by atoms with E-state index in [4.69, 9.17) is 14.2 Å². The number of methoxy groups -OCH3 is 1. The summed E-state index contributed by atoms with van der Waals surface area (Å²) in [6.07, 6.45) is 0.495. The maximum atomic E-state index is 12.1. The zero-order chi connectivity index (χ0) is 13.8. The first-order chi connectivity index (χ1) is 9.19. The molecule has 5 heteroatoms. The second-order valence-corrected chi connectivity index (χ2v) is 5.12. The van der Waals surface area contributed by atoms with E-state index in [0.717, 1.165) is 17.3 Å². The van der Waals surface area contributed by atoms with Gasteiger partial charge in [0.2, 0.25) is 0 Å². The standard InChI is InChI=1S/C14H17BrO4/c1-9-13(16)10-4-5-12(17-2)14(11(10)8-19-9)18-7-3-6-15/h4-5,9H,3,6-8H2,1-2H3. The van der Waals surface area contributed by atoms with E-state index in [2.05, 4.69) is 15.9 Å². The number of hydrogen-bond acceptors (Lipinski definition) is 4. The summed E-state index contributed by atoms with van der Waals surface area (Å²) < 4.78 is 16.5. The Hall–Kier alpha value is -1.07. The number of alkyl halides is 1. The van der Waals surface area contributed by atoms with E-state index >= 15 is 0 Å². The topological polar surface area (TPSA) is 44.8 Å². The molecule has 1 heterocycles. The van der Waals surface area contributed by atoms with Gasteiger partial charge in [0.15, 0.2) is 17.3 Å². The highest BCUT2D eigenvalue weighted by molar-refractivity contribution is 9.09. The van der Waals surface area contributed by atoms with Crippen molar-refractivity contribution in [2.75, 3.05) is 19.0 Å². The molecule has 4 nitrogen and oxygen atoms in total. The predicted molar refractivity (Wildman–Crippen MR) is 75.5 cm³/mol. The number of Topliss-reactive ketones (excluding diaryl/α,β-unsaturated/α-hetero) is 1. The van der Waals surface area contributed by atoms with Gasteiger partial charge < -0.3 is 14.2 Å². The predicted octanol–water partition coefficient (Wildman–Crippen LogP) is 2.96. The van der Waals surface area contributed by atoms with Crippen molar-refractivity contribution in [1.82, 2.24) is 0 Å². The molecule has 0 saturated carbocycles. The van der Waals surface area contributed by atoms with Crippen molar-refractivity contribution >= 4 is 21.7 Å². The molecule has 1 unspecified atom stereocenters. The lowest BCUT2D eigenvalue weighted by Crippen LogP contribution is -2.27. The molecule has 0 aromatic heterocycles. The fraction of sp³-hybridized carbons (Fsp3) is 0.500. The van der Waals surface area contributed by atoms with Gasteiger partial charge >= 0.3 is 0 Å². The molecule has 0 saturated heterocycles. The Morgan fingerprint density at radius 1 is 1.47 bits per heavy atom. The molecule has 0 bridgehead atoms. The van der Waals surface area contributed by atoms with Crippen LogP contribution < -0.4 is 9.47 Å². The van der Waals surface area contributed by atoms with Crippen LogP contribution in [0.15, 0.2) is 12.1 Å². The molecule has 1 aromatic rings. The molecule has 2 rings (SSSR count). The first-order valence-corrected chi connectivity index (χ1v) is 7.35. The number of hydrogen-bond donors (Lipinski definition) is 0. The molecule has 0 amide bonds. The van der Waals surface area contributed by atoms with Crippen molar-refractivity contribution in [3.05, 3.63) is 23.3 Å². The second-order valence-electron chi connectivity index (χ2n) is 4.33. The van der Waals surface area contributed by atoms with Crippen molar-refractivity contribution in [1.29, 1.82) is 0 Å². The third-order valence-corrected chi connectivity index (χ3v) is 3.64. The Kier molecular flexibility index (Phi) is 4.82. The van der Waals surface area contributed by atoms with Gasteiger partial charge in [0, 0.05) is 16.5 Å². The molecular formula is C14H17BrO4. The highest BCUT2D eigenvalue weighted by Crippen LogP contribution is 2.37. The highest BCUT2D eigenvalue weighted by Gasteiger charge is 2.28. The number of halogens is 1. The largest absolute Gasteiger partial charge is 0.493 e. The monoisotopic (exact) mass is 328 g/mol. The summed E-state index contributed by atoms with van der Waals surface area (Å²) in [5.41, 5.74) is 1.46. The fourth-order valence-electron chi connectivity index (χ4n) is 2.03. The number of ketones is 1. The van der Waals surface area contributed by atoms with Crippen LogP contribution in [0.2, 0.25) is 0 Å². The van der Waals surface area contributed by atoms with E-state index in [1.54, 1.807) is 26.2 Å². The van der Waals surface area contributed by atoms with Crippen molar-refractivity contribution in [2.45, 2.75) is 26.1 Å². The minimum absolute atomic E-state index is 0.00533. The van der Waals surface area contributed by atoms with Gasteiger partial charge in [0.25, 0.3) is 0 Å². The molecule has 0 fully saturated rings. The summed E-state index contributed by atoms with van der Waals surface area (Å²) in [6, 6.07) is 3.56. The third kappa shape index (κ3) is 2.92. The number of fused-ring (bicyclic) bond motifs is 1. The molecule has 1 aliphatic heterocycles. The molecule has 1 atom stereocenters. The molecule has 0 spiro atoms. The molecule has 19 heavy (non-hydrogen) atoms. The highest BCUT2D eigenvalue weighted by atomic mass is 79.9. The quantitative estimate of drug-likeness (QED) is 0.615. The lowest BCUT2D eigenvalue weighted by atomic mass is 9.97. The second kappa shape index (κ2) is 6.39. The van der Waals surface area contributed by atoms with E-state index in [9.17, 15) is 4.79 Å². The van der Waals surface area contributed by atoms with Crippen LogP contribution in [0, 0.1) is 0 Å². The van der Waals surface area contributed by atoms with Gasteiger partial charge in [-0.05, 0) is 25.5 Å². The van der Waals surface area contributed by atoms with Crippen LogP contribution in [0.5, 0.6) is 11.5 Å².